The summed E-state index contributed by atoms with van der Waals surface area (Å²) in [4.78, 5) is 20.1. The lowest BCUT2D eigenvalue weighted by molar-refractivity contribution is 0.252. The number of carbonyl (C=O) groups excluding carboxylic acids is 1. The van der Waals surface area contributed by atoms with Gasteiger partial charge >= 0.3 is 6.03 Å². The van der Waals surface area contributed by atoms with Crippen LogP contribution in [0.1, 0.15) is 24.0 Å². The number of ether oxygens (including phenoxy) is 1. The monoisotopic (exact) mass is 400 g/mol. The Balaban J connectivity index is 1.49. The molecule has 0 saturated heterocycles. The van der Waals surface area contributed by atoms with Crippen molar-refractivity contribution in [2.75, 3.05) is 18.5 Å². The summed E-state index contributed by atoms with van der Waals surface area (Å²) in [5.41, 5.74) is 3.95. The first-order chi connectivity index (χ1) is 14.7. The first-order valence-corrected chi connectivity index (χ1v) is 9.98. The number of pyridine rings is 1. The largest absolute Gasteiger partial charge is 0.494 e. The third-order valence-electron chi connectivity index (χ3n) is 4.97. The third kappa shape index (κ3) is 4.43. The van der Waals surface area contributed by atoms with Gasteiger partial charge in [-0.2, -0.15) is 0 Å². The molecule has 30 heavy (non-hydrogen) atoms. The number of fused-ring (bicyclic) bond motifs is 1. The molecule has 0 aliphatic heterocycles. The molecule has 0 radical (unpaired) electrons. The Labute approximate surface area is 175 Å². The topological polar surface area (TPSA) is 79.0 Å². The number of H-pyrrole nitrogens is 1. The molecule has 4 rings (SSSR count). The van der Waals surface area contributed by atoms with Crippen LogP contribution in [0.15, 0.2) is 79.3 Å². The SMILES string of the molecule is CCOc1ccc(NC(=O)NCC(c2cccnc2)c2c[nH]c3ccccc23)cc1. The van der Waals surface area contributed by atoms with E-state index in [1.54, 1.807) is 6.20 Å². The summed E-state index contributed by atoms with van der Waals surface area (Å²) in [6.45, 7) is 2.99. The summed E-state index contributed by atoms with van der Waals surface area (Å²) in [5, 5.41) is 7.01. The second-order valence-corrected chi connectivity index (χ2v) is 6.92. The maximum absolute atomic E-state index is 12.5. The average Bonchev–Trinajstić information content (AvgIpc) is 3.20. The number of aromatic amines is 1. The molecule has 2 heterocycles. The predicted octanol–water partition coefficient (Wildman–Crippen LogP) is 4.92. The van der Waals surface area contributed by atoms with Crippen molar-refractivity contribution < 1.29 is 9.53 Å². The van der Waals surface area contributed by atoms with Crippen LogP contribution in [0.25, 0.3) is 10.9 Å². The van der Waals surface area contributed by atoms with Gasteiger partial charge in [0.2, 0.25) is 0 Å². The summed E-state index contributed by atoms with van der Waals surface area (Å²) in [5.74, 6) is 0.750. The standard InChI is InChI=1S/C24H24N4O2/c1-2-30-19-11-9-18(10-12-19)28-24(29)27-15-21(17-6-5-13-25-14-17)22-16-26-23-8-4-3-7-20(22)23/h3-14,16,21,26H,2,15H2,1H3,(H2,27,28,29). The molecule has 152 valence electrons. The van der Waals surface area contributed by atoms with Crippen molar-refractivity contribution in [2.24, 2.45) is 0 Å². The lowest BCUT2D eigenvalue weighted by Crippen LogP contribution is -2.32. The molecular weight excluding hydrogens is 376 g/mol. The molecule has 2 amide bonds. The van der Waals surface area contributed by atoms with E-state index in [-0.39, 0.29) is 11.9 Å². The minimum Gasteiger partial charge on any atom is -0.494 e. The fourth-order valence-electron chi connectivity index (χ4n) is 3.54. The number of urea groups is 1. The molecule has 0 fully saturated rings. The number of carbonyl (C=O) groups is 1. The van der Waals surface area contributed by atoms with E-state index in [2.05, 4.69) is 26.7 Å². The Bertz CT molecular complexity index is 1110. The van der Waals surface area contributed by atoms with Crippen LogP contribution >= 0.6 is 0 Å². The fraction of sp³-hybridized carbons (Fsp3) is 0.167. The Morgan fingerprint density at radius 3 is 2.70 bits per heavy atom. The van der Waals surface area contributed by atoms with E-state index in [4.69, 9.17) is 4.74 Å². The van der Waals surface area contributed by atoms with Crippen LogP contribution in [0.2, 0.25) is 0 Å². The van der Waals surface area contributed by atoms with Crippen LogP contribution in [0.3, 0.4) is 0 Å². The molecule has 2 aromatic heterocycles. The van der Waals surface area contributed by atoms with Gasteiger partial charge in [-0.3, -0.25) is 4.98 Å². The van der Waals surface area contributed by atoms with Crippen molar-refractivity contribution in [2.45, 2.75) is 12.8 Å². The molecule has 2 aromatic carbocycles. The number of para-hydroxylation sites is 1. The lowest BCUT2D eigenvalue weighted by atomic mass is 9.92. The van der Waals surface area contributed by atoms with Gasteiger partial charge in [0.05, 0.1) is 6.61 Å². The zero-order chi connectivity index (χ0) is 20.8. The van der Waals surface area contributed by atoms with E-state index < -0.39 is 0 Å². The zero-order valence-electron chi connectivity index (χ0n) is 16.8. The van der Waals surface area contributed by atoms with Crippen LogP contribution in [0.4, 0.5) is 10.5 Å². The molecule has 0 aliphatic rings. The first-order valence-electron chi connectivity index (χ1n) is 9.98. The van der Waals surface area contributed by atoms with E-state index in [0.717, 1.165) is 27.8 Å². The van der Waals surface area contributed by atoms with E-state index in [1.807, 2.05) is 73.9 Å². The predicted molar refractivity (Wildman–Crippen MR) is 119 cm³/mol. The minimum atomic E-state index is -0.257. The van der Waals surface area contributed by atoms with Gasteiger partial charge in [-0.05, 0) is 54.4 Å². The molecule has 0 saturated carbocycles. The van der Waals surface area contributed by atoms with E-state index in [1.165, 1.54) is 0 Å². The summed E-state index contributed by atoms with van der Waals surface area (Å²) < 4.78 is 5.43. The van der Waals surface area contributed by atoms with Crippen LogP contribution in [0.5, 0.6) is 5.75 Å². The number of anilines is 1. The maximum atomic E-state index is 12.5. The Morgan fingerprint density at radius 2 is 1.93 bits per heavy atom. The Hall–Kier alpha value is -3.80. The summed E-state index contributed by atoms with van der Waals surface area (Å²) in [6, 6.07) is 19.2. The molecule has 1 atom stereocenters. The van der Waals surface area contributed by atoms with Crippen molar-refractivity contribution in [1.82, 2.24) is 15.3 Å². The molecule has 0 aliphatic carbocycles. The van der Waals surface area contributed by atoms with Crippen LogP contribution in [0, 0.1) is 0 Å². The van der Waals surface area contributed by atoms with E-state index in [9.17, 15) is 4.79 Å². The number of rotatable bonds is 7. The highest BCUT2D eigenvalue weighted by Crippen LogP contribution is 2.30. The Morgan fingerprint density at radius 1 is 1.10 bits per heavy atom. The summed E-state index contributed by atoms with van der Waals surface area (Å²) >= 11 is 0. The van der Waals surface area contributed by atoms with Gasteiger partial charge in [-0.15, -0.1) is 0 Å². The van der Waals surface area contributed by atoms with Crippen molar-refractivity contribution in [1.29, 1.82) is 0 Å². The highest BCUT2D eigenvalue weighted by atomic mass is 16.5. The zero-order valence-corrected chi connectivity index (χ0v) is 16.8. The smallest absolute Gasteiger partial charge is 0.319 e. The average molecular weight is 400 g/mol. The number of nitrogens with one attached hydrogen (secondary N) is 3. The van der Waals surface area contributed by atoms with Gasteiger partial charge in [-0.25, -0.2) is 4.79 Å². The molecule has 0 bridgehead atoms. The molecule has 1 unspecified atom stereocenters. The van der Waals surface area contributed by atoms with Crippen molar-refractivity contribution >= 4 is 22.6 Å². The van der Waals surface area contributed by atoms with Crippen LogP contribution in [-0.2, 0) is 0 Å². The summed E-state index contributed by atoms with van der Waals surface area (Å²) in [6.07, 6.45) is 5.61. The third-order valence-corrected chi connectivity index (χ3v) is 4.97. The fourth-order valence-corrected chi connectivity index (χ4v) is 3.54. The quantitative estimate of drug-likeness (QED) is 0.412. The second-order valence-electron chi connectivity index (χ2n) is 6.92. The Kier molecular flexibility index (Phi) is 5.94. The van der Waals surface area contributed by atoms with Crippen LogP contribution in [-0.4, -0.2) is 29.2 Å². The number of aromatic nitrogens is 2. The number of hydrogen-bond donors (Lipinski definition) is 3. The number of nitrogens with zero attached hydrogens (tertiary/aromatic N) is 1. The first kappa shape index (κ1) is 19.5. The highest BCUT2D eigenvalue weighted by Gasteiger charge is 2.19. The molecule has 3 N–H and O–H groups in total. The lowest BCUT2D eigenvalue weighted by Gasteiger charge is -2.18. The van der Waals surface area contributed by atoms with Gasteiger partial charge < -0.3 is 20.4 Å². The van der Waals surface area contributed by atoms with Gasteiger partial charge in [0.25, 0.3) is 0 Å². The highest BCUT2D eigenvalue weighted by molar-refractivity contribution is 5.89. The summed E-state index contributed by atoms with van der Waals surface area (Å²) in [7, 11) is 0. The van der Waals surface area contributed by atoms with Gasteiger partial charge in [0.1, 0.15) is 5.75 Å². The van der Waals surface area contributed by atoms with Gasteiger partial charge in [-0.1, -0.05) is 24.3 Å². The number of amides is 2. The molecular formula is C24H24N4O2. The molecule has 6 nitrogen and oxygen atoms in total. The van der Waals surface area contributed by atoms with Crippen molar-refractivity contribution in [3.8, 4) is 5.75 Å². The number of benzene rings is 2. The number of hydrogen-bond acceptors (Lipinski definition) is 3. The maximum Gasteiger partial charge on any atom is 0.319 e. The van der Waals surface area contributed by atoms with Crippen molar-refractivity contribution in [3.05, 3.63) is 90.4 Å². The van der Waals surface area contributed by atoms with Gasteiger partial charge in [0, 0.05) is 47.6 Å². The minimum absolute atomic E-state index is 0.0269. The van der Waals surface area contributed by atoms with E-state index in [0.29, 0.717) is 18.8 Å². The normalized spacial score (nSPS) is 11.8. The van der Waals surface area contributed by atoms with E-state index >= 15 is 0 Å². The second kappa shape index (κ2) is 9.13. The van der Waals surface area contributed by atoms with Crippen LogP contribution < -0.4 is 15.4 Å². The van der Waals surface area contributed by atoms with Crippen molar-refractivity contribution in [3.63, 3.8) is 0 Å². The molecule has 4 aromatic rings. The molecule has 6 heteroatoms. The van der Waals surface area contributed by atoms with Gasteiger partial charge in [0.15, 0.2) is 0 Å². The molecule has 0 spiro atoms.